The molecule has 4 heteroatoms. The smallest absolute Gasteiger partial charge is 0.0784 e. The Hall–Kier alpha value is -0.540. The number of allylic oxidation sites excluding steroid dienone is 1. The normalized spacial score (nSPS) is 15.9. The number of nitrogens with one attached hydrogen (secondary N) is 1. The van der Waals surface area contributed by atoms with Crippen LogP contribution in [0.3, 0.4) is 0 Å². The zero-order valence-electron chi connectivity index (χ0n) is 8.63. The highest BCUT2D eigenvalue weighted by atomic mass is 35.5. The number of nitrogens with two attached hydrogens (primary N) is 1. The van der Waals surface area contributed by atoms with Gasteiger partial charge in [0.1, 0.15) is 0 Å². The van der Waals surface area contributed by atoms with Gasteiger partial charge in [-0.2, -0.15) is 0 Å². The third-order valence-electron chi connectivity index (χ3n) is 2.28. The van der Waals surface area contributed by atoms with Crippen LogP contribution in [0.2, 0.25) is 0 Å². The molecule has 0 saturated carbocycles. The third-order valence-corrected chi connectivity index (χ3v) is 2.61. The van der Waals surface area contributed by atoms with E-state index in [2.05, 4.69) is 18.7 Å². The molecule has 0 aromatic heterocycles. The summed E-state index contributed by atoms with van der Waals surface area (Å²) in [6.07, 6.45) is 1.07. The molecule has 0 aliphatic carbocycles. The van der Waals surface area contributed by atoms with E-state index in [1.807, 2.05) is 14.0 Å². The second kappa shape index (κ2) is 5.25. The molecule has 0 amide bonds. The van der Waals surface area contributed by atoms with E-state index in [1.165, 1.54) is 0 Å². The summed E-state index contributed by atoms with van der Waals surface area (Å²) >= 11 is 5.74. The van der Waals surface area contributed by atoms with Gasteiger partial charge in [0.15, 0.2) is 0 Å². The minimum Gasteiger partial charge on any atom is -0.400 e. The number of hydrogen-bond acceptors (Lipinski definition) is 3. The van der Waals surface area contributed by atoms with Crippen molar-refractivity contribution in [3.05, 3.63) is 10.7 Å². The van der Waals surface area contributed by atoms with Crippen LogP contribution in [0.15, 0.2) is 10.7 Å². The lowest BCUT2D eigenvalue weighted by Crippen LogP contribution is -2.38. The Morgan fingerprint density at radius 2 is 1.92 bits per heavy atom. The van der Waals surface area contributed by atoms with Gasteiger partial charge in [0.05, 0.1) is 5.03 Å². The van der Waals surface area contributed by atoms with Crippen LogP contribution in [-0.4, -0.2) is 30.2 Å². The van der Waals surface area contributed by atoms with Crippen molar-refractivity contribution in [2.45, 2.75) is 32.9 Å². The van der Waals surface area contributed by atoms with Crippen molar-refractivity contribution in [2.75, 3.05) is 7.05 Å². The van der Waals surface area contributed by atoms with Crippen molar-refractivity contribution in [3.63, 3.8) is 0 Å². The van der Waals surface area contributed by atoms with E-state index in [-0.39, 0.29) is 6.04 Å². The first kappa shape index (κ1) is 12.5. The van der Waals surface area contributed by atoms with Crippen LogP contribution in [0.1, 0.15) is 20.8 Å². The van der Waals surface area contributed by atoms with Crippen LogP contribution in [0.4, 0.5) is 0 Å². The molecule has 3 N–H and O–H groups in total. The Kier molecular flexibility index (Phi) is 5.03. The first-order valence-corrected chi connectivity index (χ1v) is 4.67. The topological polar surface area (TPSA) is 53.1 Å². The lowest BCUT2D eigenvalue weighted by Gasteiger charge is -2.28. The fraction of sp³-hybridized carbons (Fsp3) is 0.667. The maximum atomic E-state index is 6.97. The van der Waals surface area contributed by atoms with Gasteiger partial charge in [-0.1, -0.05) is 11.6 Å². The van der Waals surface area contributed by atoms with E-state index in [0.29, 0.717) is 16.8 Å². The van der Waals surface area contributed by atoms with Gasteiger partial charge in [-0.25, -0.2) is 0 Å². The Morgan fingerprint density at radius 3 is 2.23 bits per heavy atom. The molecule has 3 nitrogen and oxygen atoms in total. The molecule has 1 atom stereocenters. The summed E-state index contributed by atoms with van der Waals surface area (Å²) < 4.78 is 0. The van der Waals surface area contributed by atoms with Gasteiger partial charge in [0.2, 0.25) is 0 Å². The Labute approximate surface area is 85.1 Å². The van der Waals surface area contributed by atoms with Gasteiger partial charge in [-0.15, -0.1) is 0 Å². The van der Waals surface area contributed by atoms with E-state index < -0.39 is 0 Å². The number of halogens is 1. The second-order valence-electron chi connectivity index (χ2n) is 3.38. The van der Waals surface area contributed by atoms with E-state index >= 15 is 0 Å². The fourth-order valence-corrected chi connectivity index (χ4v) is 1.11. The van der Waals surface area contributed by atoms with Gasteiger partial charge >= 0.3 is 0 Å². The lowest BCUT2D eigenvalue weighted by molar-refractivity contribution is 0.231. The van der Waals surface area contributed by atoms with Crippen LogP contribution in [0.25, 0.3) is 0 Å². The molecule has 0 heterocycles. The molecule has 76 valence electrons. The minimum absolute atomic E-state index is 0.0640. The minimum atomic E-state index is 0.0640. The Bertz CT molecular complexity index is 211. The van der Waals surface area contributed by atoms with E-state index in [1.54, 1.807) is 0 Å². The summed E-state index contributed by atoms with van der Waals surface area (Å²) in [5.74, 6) is 0. The van der Waals surface area contributed by atoms with E-state index in [4.69, 9.17) is 22.7 Å². The van der Waals surface area contributed by atoms with Crippen molar-refractivity contribution in [2.24, 2.45) is 5.73 Å². The zero-order valence-corrected chi connectivity index (χ0v) is 9.39. The largest absolute Gasteiger partial charge is 0.400 e. The number of likely N-dealkylation sites (N-methyl/N-ethyl adjacent to an activating group) is 1. The molecule has 1 unspecified atom stereocenters. The molecule has 0 aromatic carbocycles. The van der Waals surface area contributed by atoms with Crippen LogP contribution in [0.5, 0.6) is 0 Å². The predicted molar refractivity (Wildman–Crippen MR) is 58.2 cm³/mol. The molecule has 0 spiro atoms. The summed E-state index contributed by atoms with van der Waals surface area (Å²) in [4.78, 5) is 2.10. The van der Waals surface area contributed by atoms with Crippen molar-refractivity contribution >= 4 is 17.8 Å². The van der Waals surface area contributed by atoms with Gasteiger partial charge in [-0.05, 0) is 27.8 Å². The number of nitrogens with zero attached hydrogens (tertiary/aromatic N) is 1. The molecule has 0 bridgehead atoms. The molecule has 0 aliphatic rings. The molecular formula is C9H18ClN3. The summed E-state index contributed by atoms with van der Waals surface area (Å²) in [6, 6.07) is 0.470. The van der Waals surface area contributed by atoms with E-state index in [9.17, 15) is 0 Å². The van der Waals surface area contributed by atoms with Crippen LogP contribution >= 0.6 is 11.6 Å². The molecule has 0 fully saturated rings. The molecule has 0 rings (SSSR count). The molecular weight excluding hydrogens is 186 g/mol. The Morgan fingerprint density at radius 1 is 1.46 bits per heavy atom. The Balaban J connectivity index is 4.59. The van der Waals surface area contributed by atoms with Crippen LogP contribution in [-0.2, 0) is 0 Å². The molecule has 0 saturated heterocycles. The van der Waals surface area contributed by atoms with Crippen molar-refractivity contribution in [1.82, 2.24) is 4.90 Å². The third kappa shape index (κ3) is 3.36. The first-order valence-electron chi connectivity index (χ1n) is 4.29. The van der Waals surface area contributed by atoms with Crippen molar-refractivity contribution in [1.29, 1.82) is 5.41 Å². The van der Waals surface area contributed by atoms with Gasteiger partial charge in [0.25, 0.3) is 0 Å². The number of rotatable bonds is 4. The summed E-state index contributed by atoms with van der Waals surface area (Å²) in [7, 11) is 1.98. The number of hydrogen-bond donors (Lipinski definition) is 2. The van der Waals surface area contributed by atoms with Crippen molar-refractivity contribution < 1.29 is 0 Å². The summed E-state index contributed by atoms with van der Waals surface area (Å²) in [6.45, 7) is 6.14. The average molecular weight is 204 g/mol. The molecule has 0 aromatic rings. The SMILES string of the molecule is CC(C)N(C)C(C)/C(N)=C(\Cl)C=N. The highest BCUT2D eigenvalue weighted by molar-refractivity contribution is 6.39. The zero-order chi connectivity index (χ0) is 10.6. The molecule has 0 radical (unpaired) electrons. The van der Waals surface area contributed by atoms with Gasteiger partial charge < -0.3 is 11.1 Å². The highest BCUT2D eigenvalue weighted by Crippen LogP contribution is 2.12. The lowest BCUT2D eigenvalue weighted by atomic mass is 10.2. The summed E-state index contributed by atoms with van der Waals surface area (Å²) in [5, 5.41) is 7.29. The predicted octanol–water partition coefficient (Wildman–Crippen LogP) is 1.77. The van der Waals surface area contributed by atoms with Gasteiger partial charge in [0, 0.05) is 24.0 Å². The van der Waals surface area contributed by atoms with Crippen LogP contribution in [0, 0.1) is 5.41 Å². The maximum Gasteiger partial charge on any atom is 0.0784 e. The maximum absolute atomic E-state index is 6.97. The highest BCUT2D eigenvalue weighted by Gasteiger charge is 2.16. The molecule has 13 heavy (non-hydrogen) atoms. The average Bonchev–Trinajstić information content (AvgIpc) is 2.12. The fourth-order valence-electron chi connectivity index (χ4n) is 0.949. The van der Waals surface area contributed by atoms with E-state index in [0.717, 1.165) is 6.21 Å². The first-order chi connectivity index (χ1) is 5.91. The second-order valence-corrected chi connectivity index (χ2v) is 3.79. The summed E-state index contributed by atoms with van der Waals surface area (Å²) in [5.41, 5.74) is 6.31. The van der Waals surface area contributed by atoms with Crippen LogP contribution < -0.4 is 5.73 Å². The quantitative estimate of drug-likeness (QED) is 0.685. The van der Waals surface area contributed by atoms with Crippen molar-refractivity contribution in [3.8, 4) is 0 Å². The monoisotopic (exact) mass is 203 g/mol. The standard InChI is InChI=1S/C9H18ClN3/c1-6(2)13(4)7(3)9(12)8(10)5-11/h5-7,11H,12H2,1-4H3/b9-8+,11-5?. The van der Waals surface area contributed by atoms with Gasteiger partial charge in [-0.3, -0.25) is 4.90 Å². The molecule has 0 aliphatic heterocycles.